The Morgan fingerprint density at radius 1 is 1.21 bits per heavy atom. The van der Waals surface area contributed by atoms with E-state index in [1.54, 1.807) is 0 Å². The van der Waals surface area contributed by atoms with Gasteiger partial charge < -0.3 is 25.0 Å². The van der Waals surface area contributed by atoms with Gasteiger partial charge in [-0.15, -0.1) is 12.4 Å². The van der Waals surface area contributed by atoms with E-state index < -0.39 is 6.10 Å². The third-order valence-corrected chi connectivity index (χ3v) is 4.86. The minimum Gasteiger partial charge on any atom is -0.376 e. The first kappa shape index (κ1) is 19.4. The molecule has 3 unspecified atom stereocenters. The van der Waals surface area contributed by atoms with Crippen LogP contribution in [-0.4, -0.2) is 74.9 Å². The van der Waals surface area contributed by atoms with Crippen molar-refractivity contribution in [2.45, 2.75) is 37.8 Å². The second-order valence-electron chi connectivity index (χ2n) is 6.62. The Hall–Kier alpha value is -0.890. The molecule has 8 heteroatoms. The maximum atomic E-state index is 12.5. The highest BCUT2D eigenvalue weighted by molar-refractivity contribution is 5.85. The average molecular weight is 362 g/mol. The van der Waals surface area contributed by atoms with Crippen LogP contribution in [0.5, 0.6) is 0 Å². The van der Waals surface area contributed by atoms with Crippen molar-refractivity contribution in [3.8, 4) is 0 Å². The van der Waals surface area contributed by atoms with Crippen molar-refractivity contribution in [1.29, 1.82) is 0 Å². The summed E-state index contributed by atoms with van der Waals surface area (Å²) in [5.41, 5.74) is 0. The molecule has 3 fully saturated rings. The van der Waals surface area contributed by atoms with Gasteiger partial charge in [-0.25, -0.2) is 0 Å². The van der Waals surface area contributed by atoms with E-state index in [4.69, 9.17) is 9.47 Å². The van der Waals surface area contributed by atoms with Crippen LogP contribution in [0.15, 0.2) is 0 Å². The Kier molecular flexibility index (Phi) is 7.74. The summed E-state index contributed by atoms with van der Waals surface area (Å²) >= 11 is 0. The van der Waals surface area contributed by atoms with E-state index >= 15 is 0 Å². The van der Waals surface area contributed by atoms with E-state index in [1.807, 2.05) is 4.90 Å². The van der Waals surface area contributed by atoms with Crippen molar-refractivity contribution in [1.82, 2.24) is 15.5 Å². The number of carbonyl (C=O) groups is 2. The molecule has 24 heavy (non-hydrogen) atoms. The lowest BCUT2D eigenvalue weighted by atomic mass is 9.97. The fourth-order valence-electron chi connectivity index (χ4n) is 3.54. The van der Waals surface area contributed by atoms with Crippen LogP contribution in [-0.2, 0) is 19.1 Å². The Labute approximate surface area is 149 Å². The zero-order valence-corrected chi connectivity index (χ0v) is 14.8. The van der Waals surface area contributed by atoms with Crippen LogP contribution >= 0.6 is 12.4 Å². The Balaban J connectivity index is 0.00000208. The number of nitrogens with zero attached hydrogens (tertiary/aromatic N) is 1. The maximum Gasteiger partial charge on any atom is 0.254 e. The number of nitrogens with one attached hydrogen (secondary N) is 2. The summed E-state index contributed by atoms with van der Waals surface area (Å²) in [4.78, 5) is 26.4. The fraction of sp³-hybridized carbons (Fsp3) is 0.875. The number of amides is 2. The minimum atomic E-state index is -0.459. The molecule has 3 heterocycles. The van der Waals surface area contributed by atoms with Crippen LogP contribution in [0, 0.1) is 5.92 Å². The third-order valence-electron chi connectivity index (χ3n) is 4.86. The third kappa shape index (κ3) is 5.05. The number of piperidine rings is 1. The van der Waals surface area contributed by atoms with Gasteiger partial charge >= 0.3 is 0 Å². The fourth-order valence-corrected chi connectivity index (χ4v) is 3.54. The normalized spacial score (nSPS) is 30.5. The molecule has 7 nitrogen and oxygen atoms in total. The van der Waals surface area contributed by atoms with Crippen LogP contribution < -0.4 is 10.6 Å². The van der Waals surface area contributed by atoms with E-state index in [0.717, 1.165) is 38.8 Å². The number of halogens is 1. The van der Waals surface area contributed by atoms with Crippen molar-refractivity contribution in [2.24, 2.45) is 5.92 Å². The largest absolute Gasteiger partial charge is 0.376 e. The zero-order valence-electron chi connectivity index (χ0n) is 14.0. The summed E-state index contributed by atoms with van der Waals surface area (Å²) < 4.78 is 10.8. The van der Waals surface area contributed by atoms with Gasteiger partial charge in [-0.3, -0.25) is 9.59 Å². The van der Waals surface area contributed by atoms with E-state index in [0.29, 0.717) is 38.8 Å². The lowest BCUT2D eigenvalue weighted by Crippen LogP contribution is -2.51. The standard InChI is InChI=1S/C16H27N3O4.ClH/c20-15(13-4-1-5-17-13)18-9-12-3-2-6-19(10-12)16(21)14-11-22-7-8-23-14;/h12-14,17H,1-11H2,(H,18,20);1H. The summed E-state index contributed by atoms with van der Waals surface area (Å²) in [7, 11) is 0. The van der Waals surface area contributed by atoms with Gasteiger partial charge in [0.15, 0.2) is 6.10 Å². The molecule has 138 valence electrons. The van der Waals surface area contributed by atoms with Crippen molar-refractivity contribution < 1.29 is 19.1 Å². The second-order valence-corrected chi connectivity index (χ2v) is 6.62. The molecular weight excluding hydrogens is 334 g/mol. The molecule has 0 spiro atoms. The van der Waals surface area contributed by atoms with Crippen molar-refractivity contribution in [2.75, 3.05) is 46.0 Å². The summed E-state index contributed by atoms with van der Waals surface area (Å²) in [6, 6.07) is -0.0379. The molecular formula is C16H28ClN3O4. The van der Waals surface area contributed by atoms with E-state index in [-0.39, 0.29) is 30.3 Å². The molecule has 3 atom stereocenters. The molecule has 0 radical (unpaired) electrons. The number of hydrogen-bond acceptors (Lipinski definition) is 5. The van der Waals surface area contributed by atoms with E-state index in [2.05, 4.69) is 10.6 Å². The molecule has 0 aromatic heterocycles. The number of rotatable bonds is 4. The molecule has 3 aliphatic rings. The smallest absolute Gasteiger partial charge is 0.254 e. The van der Waals surface area contributed by atoms with Crippen LogP contribution in [0.3, 0.4) is 0 Å². The predicted octanol–water partition coefficient (Wildman–Crippen LogP) is -0.0696. The minimum absolute atomic E-state index is 0. The van der Waals surface area contributed by atoms with Gasteiger partial charge in [0.05, 0.1) is 25.9 Å². The van der Waals surface area contributed by atoms with Crippen LogP contribution in [0.1, 0.15) is 25.7 Å². The Morgan fingerprint density at radius 3 is 2.79 bits per heavy atom. The van der Waals surface area contributed by atoms with Gasteiger partial charge in [-0.05, 0) is 38.1 Å². The van der Waals surface area contributed by atoms with Gasteiger partial charge in [0.1, 0.15) is 0 Å². The molecule has 3 saturated heterocycles. The number of likely N-dealkylation sites (tertiary alicyclic amines) is 1. The van der Waals surface area contributed by atoms with Gasteiger partial charge in [-0.2, -0.15) is 0 Å². The Bertz CT molecular complexity index is 426. The number of hydrogen-bond donors (Lipinski definition) is 2. The lowest BCUT2D eigenvalue weighted by molar-refractivity contribution is -0.159. The molecule has 0 aromatic rings. The first-order valence-corrected chi connectivity index (χ1v) is 8.73. The van der Waals surface area contributed by atoms with Crippen molar-refractivity contribution in [3.63, 3.8) is 0 Å². The van der Waals surface area contributed by atoms with Gasteiger partial charge in [0.2, 0.25) is 5.91 Å². The monoisotopic (exact) mass is 361 g/mol. The highest BCUT2D eigenvalue weighted by atomic mass is 35.5. The van der Waals surface area contributed by atoms with Crippen LogP contribution in [0.2, 0.25) is 0 Å². The number of ether oxygens (including phenoxy) is 2. The van der Waals surface area contributed by atoms with E-state index in [9.17, 15) is 9.59 Å². The van der Waals surface area contributed by atoms with Crippen molar-refractivity contribution in [3.05, 3.63) is 0 Å². The SMILES string of the molecule is Cl.O=C(NCC1CCCN(C(=O)C2COCCO2)C1)C1CCCN1. The van der Waals surface area contributed by atoms with Gasteiger partial charge in [-0.1, -0.05) is 0 Å². The zero-order chi connectivity index (χ0) is 16.1. The molecule has 2 amide bonds. The highest BCUT2D eigenvalue weighted by Crippen LogP contribution is 2.18. The quantitative estimate of drug-likeness (QED) is 0.732. The van der Waals surface area contributed by atoms with E-state index in [1.165, 1.54) is 0 Å². The maximum absolute atomic E-state index is 12.5. The Morgan fingerprint density at radius 2 is 2.08 bits per heavy atom. The van der Waals surface area contributed by atoms with Crippen LogP contribution in [0.25, 0.3) is 0 Å². The summed E-state index contributed by atoms with van der Waals surface area (Å²) in [6.07, 6.45) is 3.54. The molecule has 3 rings (SSSR count). The summed E-state index contributed by atoms with van der Waals surface area (Å²) in [5.74, 6) is 0.440. The average Bonchev–Trinajstić information content (AvgIpc) is 3.15. The first-order chi connectivity index (χ1) is 11.2. The number of carbonyl (C=O) groups excluding carboxylic acids is 2. The topological polar surface area (TPSA) is 79.9 Å². The highest BCUT2D eigenvalue weighted by Gasteiger charge is 2.31. The molecule has 0 aliphatic carbocycles. The predicted molar refractivity (Wildman–Crippen MR) is 91.1 cm³/mol. The molecule has 0 aromatic carbocycles. The first-order valence-electron chi connectivity index (χ1n) is 8.73. The molecule has 2 N–H and O–H groups in total. The molecule has 0 saturated carbocycles. The van der Waals surface area contributed by atoms with Crippen LogP contribution in [0.4, 0.5) is 0 Å². The summed E-state index contributed by atoms with van der Waals surface area (Å²) in [6.45, 7) is 4.43. The molecule has 3 aliphatic heterocycles. The van der Waals surface area contributed by atoms with Gasteiger partial charge in [0.25, 0.3) is 5.91 Å². The summed E-state index contributed by atoms with van der Waals surface area (Å²) in [5, 5.41) is 6.25. The molecule has 0 bridgehead atoms. The second kappa shape index (κ2) is 9.56. The lowest BCUT2D eigenvalue weighted by Gasteiger charge is -2.35. The van der Waals surface area contributed by atoms with Gasteiger partial charge in [0, 0.05) is 19.6 Å². The van der Waals surface area contributed by atoms with Crippen molar-refractivity contribution >= 4 is 24.2 Å².